The Kier molecular flexibility index (Phi) is 5.95. The lowest BCUT2D eigenvalue weighted by molar-refractivity contribution is -0.114. The molecule has 10 nitrogen and oxygen atoms in total. The van der Waals surface area contributed by atoms with Gasteiger partial charge in [0.25, 0.3) is 10.0 Å². The largest absolute Gasteiger partial charge is 0.481 e. The number of urea groups is 1. The van der Waals surface area contributed by atoms with Crippen LogP contribution in [0.3, 0.4) is 0 Å². The highest BCUT2D eigenvalue weighted by molar-refractivity contribution is 7.90. The van der Waals surface area contributed by atoms with Crippen LogP contribution >= 0.6 is 11.6 Å². The molecule has 0 radical (unpaired) electrons. The summed E-state index contributed by atoms with van der Waals surface area (Å²) in [6.45, 7) is 1.27. The number of rotatable bonds is 5. The van der Waals surface area contributed by atoms with Crippen molar-refractivity contribution in [1.29, 1.82) is 0 Å². The van der Waals surface area contributed by atoms with Crippen LogP contribution < -0.4 is 20.1 Å². The minimum atomic E-state index is -4.32. The van der Waals surface area contributed by atoms with Crippen LogP contribution in [0.25, 0.3) is 0 Å². The first-order valence-electron chi connectivity index (χ1n) is 6.99. The molecule has 0 aliphatic rings. The van der Waals surface area contributed by atoms with Crippen molar-refractivity contribution in [2.45, 2.75) is 11.8 Å². The molecule has 0 saturated heterocycles. The van der Waals surface area contributed by atoms with E-state index in [1.54, 1.807) is 4.72 Å². The molecule has 1 aromatic carbocycles. The minimum absolute atomic E-state index is 0.128. The maximum Gasteiger partial charge on any atom is 0.335 e. The molecule has 138 valence electrons. The van der Waals surface area contributed by atoms with E-state index in [0.29, 0.717) is 0 Å². The molecule has 3 amide bonds. The normalized spacial score (nSPS) is 10.7. The minimum Gasteiger partial charge on any atom is -0.481 e. The zero-order valence-corrected chi connectivity index (χ0v) is 15.2. The summed E-state index contributed by atoms with van der Waals surface area (Å²) < 4.78 is 31.4. The molecule has 1 aromatic heterocycles. The van der Waals surface area contributed by atoms with Gasteiger partial charge in [-0.25, -0.2) is 22.9 Å². The van der Waals surface area contributed by atoms with E-state index < -0.39 is 22.0 Å². The van der Waals surface area contributed by atoms with Crippen molar-refractivity contribution < 1.29 is 22.7 Å². The van der Waals surface area contributed by atoms with Crippen LogP contribution in [0.5, 0.6) is 5.88 Å². The van der Waals surface area contributed by atoms with Crippen molar-refractivity contribution in [2.24, 2.45) is 0 Å². The zero-order chi connectivity index (χ0) is 19.3. The van der Waals surface area contributed by atoms with Crippen molar-refractivity contribution in [3.05, 3.63) is 35.5 Å². The van der Waals surface area contributed by atoms with Gasteiger partial charge in [0.05, 0.1) is 12.1 Å². The van der Waals surface area contributed by atoms with Crippen molar-refractivity contribution in [1.82, 2.24) is 14.7 Å². The van der Waals surface area contributed by atoms with E-state index in [4.69, 9.17) is 16.3 Å². The van der Waals surface area contributed by atoms with E-state index in [0.717, 1.165) is 6.07 Å². The number of methoxy groups -OCH3 is 1. The summed E-state index contributed by atoms with van der Waals surface area (Å²) >= 11 is 5.90. The topological polar surface area (TPSA) is 139 Å². The van der Waals surface area contributed by atoms with E-state index in [1.807, 2.05) is 0 Å². The van der Waals surface area contributed by atoms with Crippen LogP contribution in [0.4, 0.5) is 16.4 Å². The van der Waals surface area contributed by atoms with Gasteiger partial charge in [0, 0.05) is 24.9 Å². The Balaban J connectivity index is 2.19. The van der Waals surface area contributed by atoms with Crippen LogP contribution in [-0.4, -0.2) is 37.4 Å². The Morgan fingerprint density at radius 3 is 2.58 bits per heavy atom. The molecule has 2 rings (SSSR count). The number of nitrogens with one attached hydrogen (secondary N) is 3. The molecule has 3 N–H and O–H groups in total. The summed E-state index contributed by atoms with van der Waals surface area (Å²) in [5.41, 5.74) is 0.207. The van der Waals surface area contributed by atoms with Crippen LogP contribution in [0.2, 0.25) is 5.02 Å². The third-order valence-corrected chi connectivity index (χ3v) is 4.65. The molecule has 0 fully saturated rings. The van der Waals surface area contributed by atoms with Gasteiger partial charge in [-0.2, -0.15) is 4.98 Å². The Hall–Kier alpha value is -2.92. The lowest BCUT2D eigenvalue weighted by Crippen LogP contribution is -2.35. The Morgan fingerprint density at radius 2 is 1.92 bits per heavy atom. The SMILES string of the molecule is COc1ccnc(NC(=O)NS(=O)(=O)c2cc(NC(C)=O)ccc2Cl)n1. The molecule has 0 atom stereocenters. The number of halogens is 1. The smallest absolute Gasteiger partial charge is 0.335 e. The summed E-state index contributed by atoms with van der Waals surface area (Å²) in [4.78, 5) is 30.2. The molecular weight excluding hydrogens is 386 g/mol. The number of aromatic nitrogens is 2. The van der Waals surface area contributed by atoms with Gasteiger partial charge in [0.15, 0.2) is 0 Å². The molecule has 26 heavy (non-hydrogen) atoms. The second-order valence-electron chi connectivity index (χ2n) is 4.81. The number of sulfonamides is 1. The van der Waals surface area contributed by atoms with Crippen molar-refractivity contribution >= 4 is 45.2 Å². The van der Waals surface area contributed by atoms with Crippen molar-refractivity contribution in [3.63, 3.8) is 0 Å². The van der Waals surface area contributed by atoms with Gasteiger partial charge in [-0.3, -0.25) is 10.1 Å². The highest BCUT2D eigenvalue weighted by Crippen LogP contribution is 2.25. The third-order valence-electron chi connectivity index (χ3n) is 2.83. The number of carbonyl (C=O) groups excluding carboxylic acids is 2. The number of anilines is 2. The maximum absolute atomic E-state index is 12.4. The molecule has 2 aromatic rings. The first kappa shape index (κ1) is 19.4. The van der Waals surface area contributed by atoms with Gasteiger partial charge in [-0.1, -0.05) is 11.6 Å². The maximum atomic E-state index is 12.4. The van der Waals surface area contributed by atoms with Gasteiger partial charge in [0.1, 0.15) is 4.90 Å². The molecule has 0 bridgehead atoms. The predicted octanol–water partition coefficient (Wildman–Crippen LogP) is 1.61. The van der Waals surface area contributed by atoms with E-state index in [9.17, 15) is 18.0 Å². The van der Waals surface area contributed by atoms with Gasteiger partial charge < -0.3 is 10.1 Å². The molecule has 0 aliphatic carbocycles. The van der Waals surface area contributed by atoms with E-state index in [2.05, 4.69) is 20.6 Å². The number of ether oxygens (including phenoxy) is 1. The van der Waals surface area contributed by atoms with Crippen LogP contribution in [0.1, 0.15) is 6.92 Å². The van der Waals surface area contributed by atoms with Crippen molar-refractivity contribution in [2.75, 3.05) is 17.7 Å². The van der Waals surface area contributed by atoms with E-state index in [-0.39, 0.29) is 27.4 Å². The summed E-state index contributed by atoms with van der Waals surface area (Å²) in [6, 6.07) is 4.19. The number of carbonyl (C=O) groups is 2. The first-order chi connectivity index (χ1) is 12.2. The average Bonchev–Trinajstić information content (AvgIpc) is 2.55. The predicted molar refractivity (Wildman–Crippen MR) is 93.7 cm³/mol. The number of amides is 3. The van der Waals surface area contributed by atoms with Crippen molar-refractivity contribution in [3.8, 4) is 5.88 Å². The molecule has 0 unspecified atom stereocenters. The fourth-order valence-corrected chi connectivity index (χ4v) is 3.24. The summed E-state index contributed by atoms with van der Waals surface area (Å²) in [6.07, 6.45) is 1.32. The Labute approximate surface area is 154 Å². The second kappa shape index (κ2) is 7.97. The summed E-state index contributed by atoms with van der Waals surface area (Å²) in [7, 11) is -2.94. The lowest BCUT2D eigenvalue weighted by atomic mass is 10.3. The quantitative estimate of drug-likeness (QED) is 0.693. The molecule has 0 aliphatic heterocycles. The van der Waals surface area contributed by atoms with Gasteiger partial charge in [0.2, 0.25) is 17.7 Å². The number of hydrogen-bond donors (Lipinski definition) is 3. The fourth-order valence-electron chi connectivity index (χ4n) is 1.81. The number of hydrogen-bond acceptors (Lipinski definition) is 7. The van der Waals surface area contributed by atoms with Gasteiger partial charge in [-0.05, 0) is 18.2 Å². The van der Waals surface area contributed by atoms with E-state index >= 15 is 0 Å². The molecule has 0 spiro atoms. The lowest BCUT2D eigenvalue weighted by Gasteiger charge is -2.11. The number of benzene rings is 1. The molecule has 1 heterocycles. The first-order valence-corrected chi connectivity index (χ1v) is 8.85. The van der Waals surface area contributed by atoms with Gasteiger partial charge in [-0.15, -0.1) is 0 Å². The highest BCUT2D eigenvalue weighted by Gasteiger charge is 2.22. The fraction of sp³-hybridized carbons (Fsp3) is 0.143. The standard InChI is InChI=1S/C14H14ClN5O5S/c1-8(21)17-9-3-4-10(15)11(7-9)26(23,24)20-14(22)19-13-16-6-5-12(18-13)25-2/h3-7H,1-2H3,(H,17,21)(H2,16,18,19,20,22). The Morgan fingerprint density at radius 1 is 1.19 bits per heavy atom. The monoisotopic (exact) mass is 399 g/mol. The van der Waals surface area contributed by atoms with Gasteiger partial charge >= 0.3 is 6.03 Å². The number of nitrogens with zero attached hydrogens (tertiary/aromatic N) is 2. The van der Waals surface area contributed by atoms with Crippen LogP contribution in [0, 0.1) is 0 Å². The highest BCUT2D eigenvalue weighted by atomic mass is 35.5. The summed E-state index contributed by atoms with van der Waals surface area (Å²) in [5.74, 6) is -0.365. The summed E-state index contributed by atoms with van der Waals surface area (Å²) in [5, 5.41) is 4.46. The van der Waals surface area contributed by atoms with E-state index in [1.165, 1.54) is 38.4 Å². The molecule has 0 saturated carbocycles. The Bertz CT molecular complexity index is 950. The second-order valence-corrected chi connectivity index (χ2v) is 6.87. The van der Waals surface area contributed by atoms with Crippen LogP contribution in [0.15, 0.2) is 35.4 Å². The molecular formula is C14H14ClN5O5S. The molecule has 12 heteroatoms. The third kappa shape index (κ3) is 5.04. The zero-order valence-electron chi connectivity index (χ0n) is 13.6. The average molecular weight is 400 g/mol. The van der Waals surface area contributed by atoms with Crippen LogP contribution in [-0.2, 0) is 14.8 Å².